The van der Waals surface area contributed by atoms with Crippen LogP contribution in [-0.2, 0) is 0 Å². The molecule has 1 nitrogen and oxygen atoms in total. The van der Waals surface area contributed by atoms with Crippen molar-refractivity contribution in [2.45, 2.75) is 59.0 Å². The molecule has 0 saturated heterocycles. The summed E-state index contributed by atoms with van der Waals surface area (Å²) in [6, 6.07) is 12.0. The van der Waals surface area contributed by atoms with E-state index in [1.807, 2.05) is 0 Å². The average Bonchev–Trinajstić information content (AvgIpc) is 2.60. The first-order valence-electron chi connectivity index (χ1n) is 7.33. The summed E-state index contributed by atoms with van der Waals surface area (Å²) in [7, 11) is 0. The van der Waals surface area contributed by atoms with Crippen LogP contribution < -0.4 is 5.32 Å². The molecule has 1 aromatic rings. The molecule has 18 heavy (non-hydrogen) atoms. The van der Waals surface area contributed by atoms with Crippen molar-refractivity contribution in [2.75, 3.05) is 0 Å². The third kappa shape index (κ3) is 3.14. The molecule has 0 bridgehead atoms. The molecule has 0 spiro atoms. The second-order valence-electron chi connectivity index (χ2n) is 6.69. The highest BCUT2D eigenvalue weighted by atomic mass is 15.0. The summed E-state index contributed by atoms with van der Waals surface area (Å²) in [6.45, 7) is 9.46. The fraction of sp³-hybridized carbons (Fsp3) is 0.647. The second-order valence-corrected chi connectivity index (χ2v) is 6.69. The standard InChI is InChI=1S/C17H27N/c1-5-15(14-9-7-6-8-10-14)18-16-12-17(3,4)11-13(16)2/h6-10,13,15-16,18H,5,11-12H2,1-4H3. The maximum Gasteiger partial charge on any atom is 0.0320 e. The van der Waals surface area contributed by atoms with Gasteiger partial charge in [0, 0.05) is 12.1 Å². The first kappa shape index (κ1) is 13.6. The van der Waals surface area contributed by atoms with Crippen LogP contribution in [0, 0.1) is 11.3 Å². The Hall–Kier alpha value is -0.820. The normalized spacial score (nSPS) is 28.2. The fourth-order valence-corrected chi connectivity index (χ4v) is 3.51. The Bertz CT molecular complexity index is 368. The fourth-order valence-electron chi connectivity index (χ4n) is 3.51. The van der Waals surface area contributed by atoms with Crippen LogP contribution >= 0.6 is 0 Å². The maximum absolute atomic E-state index is 3.89. The van der Waals surface area contributed by atoms with Crippen LogP contribution in [0.25, 0.3) is 0 Å². The van der Waals surface area contributed by atoms with Gasteiger partial charge in [-0.15, -0.1) is 0 Å². The van der Waals surface area contributed by atoms with E-state index in [0.29, 0.717) is 17.5 Å². The number of hydrogen-bond acceptors (Lipinski definition) is 1. The summed E-state index contributed by atoms with van der Waals surface area (Å²) in [5.41, 5.74) is 1.93. The minimum absolute atomic E-state index is 0.506. The zero-order valence-electron chi connectivity index (χ0n) is 12.2. The smallest absolute Gasteiger partial charge is 0.0320 e. The second kappa shape index (κ2) is 5.44. The van der Waals surface area contributed by atoms with E-state index < -0.39 is 0 Å². The summed E-state index contributed by atoms with van der Waals surface area (Å²) in [5.74, 6) is 0.790. The third-order valence-corrected chi connectivity index (χ3v) is 4.36. The van der Waals surface area contributed by atoms with Gasteiger partial charge in [-0.25, -0.2) is 0 Å². The van der Waals surface area contributed by atoms with Gasteiger partial charge in [0.15, 0.2) is 0 Å². The number of benzene rings is 1. The Morgan fingerprint density at radius 2 is 1.89 bits per heavy atom. The Kier molecular flexibility index (Phi) is 4.11. The Morgan fingerprint density at radius 3 is 2.39 bits per heavy atom. The molecular weight excluding hydrogens is 218 g/mol. The van der Waals surface area contributed by atoms with E-state index in [9.17, 15) is 0 Å². The van der Waals surface area contributed by atoms with Gasteiger partial charge < -0.3 is 5.32 Å². The first-order valence-corrected chi connectivity index (χ1v) is 7.33. The maximum atomic E-state index is 3.89. The lowest BCUT2D eigenvalue weighted by Gasteiger charge is -2.25. The summed E-state index contributed by atoms with van der Waals surface area (Å²) in [4.78, 5) is 0. The molecule has 0 amide bonds. The van der Waals surface area contributed by atoms with Crippen molar-refractivity contribution in [1.29, 1.82) is 0 Å². The molecule has 2 rings (SSSR count). The Morgan fingerprint density at radius 1 is 1.22 bits per heavy atom. The predicted octanol–water partition coefficient (Wildman–Crippen LogP) is 4.55. The zero-order chi connectivity index (χ0) is 13.2. The van der Waals surface area contributed by atoms with Crippen molar-refractivity contribution in [3.8, 4) is 0 Å². The van der Waals surface area contributed by atoms with Crippen LogP contribution in [0.5, 0.6) is 0 Å². The predicted molar refractivity (Wildman–Crippen MR) is 78.6 cm³/mol. The molecule has 100 valence electrons. The van der Waals surface area contributed by atoms with Crippen molar-refractivity contribution in [3.63, 3.8) is 0 Å². The van der Waals surface area contributed by atoms with Gasteiger partial charge in [0.2, 0.25) is 0 Å². The van der Waals surface area contributed by atoms with Gasteiger partial charge in [0.05, 0.1) is 0 Å². The van der Waals surface area contributed by atoms with E-state index in [-0.39, 0.29) is 0 Å². The molecule has 3 unspecified atom stereocenters. The van der Waals surface area contributed by atoms with E-state index in [2.05, 4.69) is 63.3 Å². The van der Waals surface area contributed by atoms with Crippen molar-refractivity contribution >= 4 is 0 Å². The highest BCUT2D eigenvalue weighted by Crippen LogP contribution is 2.41. The number of hydrogen-bond donors (Lipinski definition) is 1. The largest absolute Gasteiger partial charge is 0.307 e. The lowest BCUT2D eigenvalue weighted by Crippen LogP contribution is -2.34. The molecule has 1 aliphatic rings. The summed E-state index contributed by atoms with van der Waals surface area (Å²) in [6.07, 6.45) is 3.81. The molecule has 1 N–H and O–H groups in total. The van der Waals surface area contributed by atoms with E-state index in [0.717, 1.165) is 12.3 Å². The van der Waals surface area contributed by atoms with Crippen molar-refractivity contribution < 1.29 is 0 Å². The molecule has 1 fully saturated rings. The SMILES string of the molecule is CCC(NC1CC(C)(C)CC1C)c1ccccc1. The Balaban J connectivity index is 2.04. The lowest BCUT2D eigenvalue weighted by molar-refractivity contribution is 0.349. The molecular formula is C17H27N. The van der Waals surface area contributed by atoms with E-state index in [1.54, 1.807) is 0 Å². The lowest BCUT2D eigenvalue weighted by atomic mass is 9.91. The van der Waals surface area contributed by atoms with Crippen molar-refractivity contribution in [1.82, 2.24) is 5.32 Å². The van der Waals surface area contributed by atoms with E-state index in [1.165, 1.54) is 18.4 Å². The Labute approximate surface area is 112 Å². The summed E-state index contributed by atoms with van der Waals surface area (Å²) < 4.78 is 0. The van der Waals surface area contributed by atoms with Crippen molar-refractivity contribution in [2.24, 2.45) is 11.3 Å². The van der Waals surface area contributed by atoms with Crippen LogP contribution in [0.3, 0.4) is 0 Å². The van der Waals surface area contributed by atoms with Crippen LogP contribution in [0.15, 0.2) is 30.3 Å². The van der Waals surface area contributed by atoms with Crippen molar-refractivity contribution in [3.05, 3.63) is 35.9 Å². The summed E-state index contributed by atoms with van der Waals surface area (Å²) >= 11 is 0. The molecule has 1 saturated carbocycles. The van der Waals surface area contributed by atoms with Gasteiger partial charge >= 0.3 is 0 Å². The van der Waals surface area contributed by atoms with Gasteiger partial charge in [-0.2, -0.15) is 0 Å². The van der Waals surface area contributed by atoms with E-state index >= 15 is 0 Å². The molecule has 0 heterocycles. The number of nitrogens with one attached hydrogen (secondary N) is 1. The monoisotopic (exact) mass is 245 g/mol. The first-order chi connectivity index (χ1) is 8.52. The minimum Gasteiger partial charge on any atom is -0.307 e. The highest BCUT2D eigenvalue weighted by Gasteiger charge is 2.37. The molecule has 1 aliphatic carbocycles. The van der Waals surface area contributed by atoms with Crippen LogP contribution in [0.1, 0.15) is 58.6 Å². The molecule has 0 aromatic heterocycles. The van der Waals surface area contributed by atoms with Gasteiger partial charge in [-0.1, -0.05) is 58.0 Å². The quantitative estimate of drug-likeness (QED) is 0.820. The van der Waals surface area contributed by atoms with E-state index in [4.69, 9.17) is 0 Å². The minimum atomic E-state index is 0.506. The molecule has 0 radical (unpaired) electrons. The topological polar surface area (TPSA) is 12.0 Å². The van der Waals surface area contributed by atoms with Crippen LogP contribution in [-0.4, -0.2) is 6.04 Å². The molecule has 1 aromatic carbocycles. The van der Waals surface area contributed by atoms with Gasteiger partial charge in [-0.3, -0.25) is 0 Å². The van der Waals surface area contributed by atoms with Crippen LogP contribution in [0.2, 0.25) is 0 Å². The molecule has 1 heteroatoms. The number of rotatable bonds is 4. The molecule has 0 aliphatic heterocycles. The zero-order valence-corrected chi connectivity index (χ0v) is 12.2. The average molecular weight is 245 g/mol. The van der Waals surface area contributed by atoms with Crippen LogP contribution in [0.4, 0.5) is 0 Å². The van der Waals surface area contributed by atoms with Gasteiger partial charge in [0.1, 0.15) is 0 Å². The highest BCUT2D eigenvalue weighted by molar-refractivity contribution is 5.19. The van der Waals surface area contributed by atoms with Gasteiger partial charge in [0.25, 0.3) is 0 Å². The third-order valence-electron chi connectivity index (χ3n) is 4.36. The summed E-state index contributed by atoms with van der Waals surface area (Å²) in [5, 5.41) is 3.89. The molecule has 3 atom stereocenters. The van der Waals surface area contributed by atoms with Gasteiger partial charge in [-0.05, 0) is 36.2 Å².